The Kier molecular flexibility index (Phi) is 2.58. The molecule has 0 saturated heterocycles. The van der Waals surface area contributed by atoms with Crippen LogP contribution in [0.15, 0.2) is 35.4 Å². The molecule has 0 aliphatic rings. The van der Waals surface area contributed by atoms with E-state index in [4.69, 9.17) is 22.3 Å². The van der Waals surface area contributed by atoms with Crippen LogP contribution < -0.4 is 0 Å². The fraction of sp³-hybridized carbons (Fsp3) is 0. The van der Waals surface area contributed by atoms with Crippen LogP contribution in [-0.4, -0.2) is 13.4 Å². The molecule has 1 heterocycles. The Morgan fingerprint density at radius 1 is 1.27 bits per heavy atom. The highest BCUT2D eigenvalue weighted by atomic mass is 35.7. The highest BCUT2D eigenvalue weighted by Crippen LogP contribution is 2.26. The largest absolute Gasteiger partial charge is 0.261 e. The monoisotopic (exact) mass is 261 g/mol. The van der Waals surface area contributed by atoms with E-state index in [1.165, 1.54) is 12.3 Å². The topological polar surface area (TPSA) is 47.0 Å². The maximum atomic E-state index is 11.2. The van der Waals surface area contributed by atoms with E-state index < -0.39 is 9.05 Å². The molecule has 1 aromatic carbocycles. The summed E-state index contributed by atoms with van der Waals surface area (Å²) in [6, 6.07) is 6.37. The third kappa shape index (κ3) is 2.07. The van der Waals surface area contributed by atoms with Crippen molar-refractivity contribution in [1.82, 2.24) is 4.98 Å². The summed E-state index contributed by atoms with van der Waals surface area (Å²) in [5.74, 6) is 0. The number of rotatable bonds is 1. The van der Waals surface area contributed by atoms with Crippen LogP contribution in [0.4, 0.5) is 0 Å². The number of aromatic nitrogens is 1. The van der Waals surface area contributed by atoms with E-state index in [0.29, 0.717) is 15.9 Å². The maximum Gasteiger partial charge on any atom is 0.261 e. The van der Waals surface area contributed by atoms with E-state index in [2.05, 4.69) is 4.98 Å². The first kappa shape index (κ1) is 10.7. The number of hydrogen-bond acceptors (Lipinski definition) is 3. The quantitative estimate of drug-likeness (QED) is 0.586. The van der Waals surface area contributed by atoms with Crippen molar-refractivity contribution in [3.8, 4) is 0 Å². The van der Waals surface area contributed by atoms with Crippen LogP contribution in [0.2, 0.25) is 5.15 Å². The van der Waals surface area contributed by atoms with E-state index in [1.54, 1.807) is 18.2 Å². The van der Waals surface area contributed by atoms with Crippen molar-refractivity contribution in [2.75, 3.05) is 0 Å². The van der Waals surface area contributed by atoms with E-state index in [1.807, 2.05) is 0 Å². The second-order valence-electron chi connectivity index (χ2n) is 2.92. The molecule has 0 saturated carbocycles. The predicted octanol–water partition coefficient (Wildman–Crippen LogP) is 2.82. The first-order chi connectivity index (χ1) is 6.98. The second-order valence-corrected chi connectivity index (χ2v) is 5.84. The molecule has 78 valence electrons. The summed E-state index contributed by atoms with van der Waals surface area (Å²) in [5, 5.41) is 1.47. The number of fused-ring (bicyclic) bond motifs is 1. The molecule has 0 aliphatic carbocycles. The van der Waals surface area contributed by atoms with Gasteiger partial charge in [0.1, 0.15) is 5.15 Å². The second kappa shape index (κ2) is 3.63. The Labute approximate surface area is 96.1 Å². The van der Waals surface area contributed by atoms with Gasteiger partial charge in [-0.25, -0.2) is 13.4 Å². The minimum Gasteiger partial charge on any atom is -0.244 e. The Hall–Kier alpha value is -0.840. The standard InChI is InChI=1S/C9H5Cl2NO2S/c10-9-4-6-2-1-3-8(15(11,13)14)7(6)5-12-9/h1-5H. The van der Waals surface area contributed by atoms with Crippen LogP contribution >= 0.6 is 22.3 Å². The average molecular weight is 262 g/mol. The summed E-state index contributed by atoms with van der Waals surface area (Å²) >= 11 is 5.69. The predicted molar refractivity (Wildman–Crippen MR) is 59.8 cm³/mol. The lowest BCUT2D eigenvalue weighted by molar-refractivity contribution is 0.610. The number of halogens is 2. The van der Waals surface area contributed by atoms with Crippen LogP contribution in [0.25, 0.3) is 10.8 Å². The Bertz CT molecular complexity index is 625. The molecular formula is C9H5Cl2NO2S. The number of pyridine rings is 1. The molecule has 0 bridgehead atoms. The number of nitrogens with zero attached hydrogens (tertiary/aromatic N) is 1. The lowest BCUT2D eigenvalue weighted by Gasteiger charge is -2.02. The molecule has 0 spiro atoms. The molecule has 0 N–H and O–H groups in total. The van der Waals surface area contributed by atoms with E-state index >= 15 is 0 Å². The van der Waals surface area contributed by atoms with E-state index in [9.17, 15) is 8.42 Å². The summed E-state index contributed by atoms with van der Waals surface area (Å²) < 4.78 is 22.5. The van der Waals surface area contributed by atoms with Crippen molar-refractivity contribution in [3.63, 3.8) is 0 Å². The molecule has 0 fully saturated rings. The maximum absolute atomic E-state index is 11.2. The lowest BCUT2D eigenvalue weighted by Crippen LogP contribution is -1.92. The molecule has 0 aliphatic heterocycles. The van der Waals surface area contributed by atoms with Crippen LogP contribution in [0.3, 0.4) is 0 Å². The molecule has 0 unspecified atom stereocenters. The normalized spacial score (nSPS) is 11.9. The van der Waals surface area contributed by atoms with Gasteiger partial charge in [0.2, 0.25) is 0 Å². The summed E-state index contributed by atoms with van der Waals surface area (Å²) in [6.07, 6.45) is 1.40. The third-order valence-corrected chi connectivity index (χ3v) is 3.54. The van der Waals surface area contributed by atoms with Gasteiger partial charge >= 0.3 is 0 Å². The van der Waals surface area contributed by atoms with Gasteiger partial charge in [0.25, 0.3) is 9.05 Å². The summed E-state index contributed by atoms with van der Waals surface area (Å²) in [6.45, 7) is 0. The molecule has 1 aromatic heterocycles. The van der Waals surface area contributed by atoms with Crippen molar-refractivity contribution in [3.05, 3.63) is 35.6 Å². The smallest absolute Gasteiger partial charge is 0.244 e. The first-order valence-corrected chi connectivity index (χ1v) is 6.66. The molecule has 6 heteroatoms. The highest BCUT2D eigenvalue weighted by Gasteiger charge is 2.13. The SMILES string of the molecule is O=S(=O)(Cl)c1cccc2cc(Cl)ncc12. The molecule has 2 aromatic rings. The third-order valence-electron chi connectivity index (χ3n) is 1.95. The van der Waals surface area contributed by atoms with Crippen LogP contribution in [0, 0.1) is 0 Å². The average Bonchev–Trinajstić information content (AvgIpc) is 2.15. The van der Waals surface area contributed by atoms with Crippen molar-refractivity contribution >= 4 is 42.1 Å². The minimum absolute atomic E-state index is 0.0471. The minimum atomic E-state index is -3.75. The zero-order valence-corrected chi connectivity index (χ0v) is 9.64. The number of benzene rings is 1. The molecule has 0 atom stereocenters. The fourth-order valence-electron chi connectivity index (χ4n) is 1.33. The van der Waals surface area contributed by atoms with Crippen molar-refractivity contribution < 1.29 is 8.42 Å². The van der Waals surface area contributed by atoms with Crippen LogP contribution in [0.5, 0.6) is 0 Å². The van der Waals surface area contributed by atoms with Gasteiger partial charge in [0.15, 0.2) is 0 Å². The summed E-state index contributed by atoms with van der Waals surface area (Å²) in [7, 11) is 1.54. The summed E-state index contributed by atoms with van der Waals surface area (Å²) in [5.41, 5.74) is 0. The summed E-state index contributed by atoms with van der Waals surface area (Å²) in [4.78, 5) is 3.87. The molecule has 15 heavy (non-hydrogen) atoms. The Balaban J connectivity index is 2.89. The van der Waals surface area contributed by atoms with Crippen molar-refractivity contribution in [2.45, 2.75) is 4.90 Å². The van der Waals surface area contributed by atoms with Gasteiger partial charge in [-0.1, -0.05) is 23.7 Å². The molecule has 0 amide bonds. The van der Waals surface area contributed by atoms with Crippen molar-refractivity contribution in [2.24, 2.45) is 0 Å². The van der Waals surface area contributed by atoms with Crippen molar-refractivity contribution in [1.29, 1.82) is 0 Å². The molecular weight excluding hydrogens is 257 g/mol. The zero-order chi connectivity index (χ0) is 11.1. The van der Waals surface area contributed by atoms with Gasteiger partial charge < -0.3 is 0 Å². The van der Waals surface area contributed by atoms with Gasteiger partial charge in [-0.2, -0.15) is 0 Å². The fourth-order valence-corrected chi connectivity index (χ4v) is 2.57. The number of hydrogen-bond donors (Lipinski definition) is 0. The van der Waals surface area contributed by atoms with Gasteiger partial charge in [-0.05, 0) is 17.5 Å². The first-order valence-electron chi connectivity index (χ1n) is 3.97. The van der Waals surface area contributed by atoms with Gasteiger partial charge in [0.05, 0.1) is 4.90 Å². The van der Waals surface area contributed by atoms with Gasteiger partial charge in [0, 0.05) is 22.3 Å². The molecule has 2 rings (SSSR count). The Morgan fingerprint density at radius 2 is 2.00 bits per heavy atom. The lowest BCUT2D eigenvalue weighted by atomic mass is 10.2. The van der Waals surface area contributed by atoms with Crippen LogP contribution in [-0.2, 0) is 9.05 Å². The highest BCUT2D eigenvalue weighted by molar-refractivity contribution is 8.14. The molecule has 0 radical (unpaired) electrons. The van der Waals surface area contributed by atoms with E-state index in [0.717, 1.165) is 0 Å². The zero-order valence-electron chi connectivity index (χ0n) is 7.31. The Morgan fingerprint density at radius 3 is 2.67 bits per heavy atom. The van der Waals surface area contributed by atoms with Gasteiger partial charge in [-0.3, -0.25) is 0 Å². The van der Waals surface area contributed by atoms with Crippen LogP contribution in [0.1, 0.15) is 0 Å². The van der Waals surface area contributed by atoms with Gasteiger partial charge in [-0.15, -0.1) is 0 Å². The molecule has 3 nitrogen and oxygen atoms in total. The van der Waals surface area contributed by atoms with E-state index in [-0.39, 0.29) is 4.90 Å².